The topological polar surface area (TPSA) is 47.4 Å². The summed E-state index contributed by atoms with van der Waals surface area (Å²) >= 11 is 0. The fourth-order valence-electron chi connectivity index (χ4n) is 3.42. The molecule has 0 atom stereocenters. The van der Waals surface area contributed by atoms with Crippen molar-refractivity contribution < 1.29 is 9.53 Å². The van der Waals surface area contributed by atoms with Crippen LogP contribution >= 0.6 is 0 Å². The smallest absolute Gasteiger partial charge is 0.227 e. The van der Waals surface area contributed by atoms with Gasteiger partial charge in [-0.05, 0) is 44.7 Å². The van der Waals surface area contributed by atoms with Crippen molar-refractivity contribution in [3.05, 3.63) is 47.3 Å². The molecule has 25 heavy (non-hydrogen) atoms. The third kappa shape index (κ3) is 4.21. The van der Waals surface area contributed by atoms with Crippen molar-refractivity contribution in [3.63, 3.8) is 0 Å². The van der Waals surface area contributed by atoms with Gasteiger partial charge in [-0.2, -0.15) is 5.10 Å². The first-order valence-corrected chi connectivity index (χ1v) is 8.99. The standard InChI is InChI=1S/C20H27N3O2/c1-15-19(16(2)22(3)21-15)13-20(24)23-11-9-17(10-12-23)14-25-18-7-5-4-6-8-18/h4-8,17H,9-14H2,1-3H3. The molecule has 1 aliphatic rings. The molecule has 0 aliphatic carbocycles. The van der Waals surface area contributed by atoms with Gasteiger partial charge in [0.2, 0.25) is 5.91 Å². The molecule has 5 nitrogen and oxygen atoms in total. The zero-order valence-corrected chi connectivity index (χ0v) is 15.4. The van der Waals surface area contributed by atoms with E-state index in [0.29, 0.717) is 12.3 Å². The van der Waals surface area contributed by atoms with Crippen LogP contribution in [0.4, 0.5) is 0 Å². The second-order valence-electron chi connectivity index (χ2n) is 6.90. The number of hydrogen-bond donors (Lipinski definition) is 0. The molecule has 0 saturated carbocycles. The Labute approximate surface area is 149 Å². The number of ether oxygens (including phenoxy) is 1. The summed E-state index contributed by atoms with van der Waals surface area (Å²) in [4.78, 5) is 14.6. The van der Waals surface area contributed by atoms with E-state index in [1.165, 1.54) is 0 Å². The molecule has 5 heteroatoms. The minimum Gasteiger partial charge on any atom is -0.493 e. The van der Waals surface area contributed by atoms with Crippen LogP contribution in [0.1, 0.15) is 29.8 Å². The number of hydrogen-bond acceptors (Lipinski definition) is 3. The number of piperidine rings is 1. The minimum absolute atomic E-state index is 0.210. The maximum absolute atomic E-state index is 12.6. The van der Waals surface area contributed by atoms with Crippen LogP contribution in [0, 0.1) is 19.8 Å². The fourth-order valence-corrected chi connectivity index (χ4v) is 3.42. The van der Waals surface area contributed by atoms with Crippen LogP contribution in [0.25, 0.3) is 0 Å². The quantitative estimate of drug-likeness (QED) is 0.840. The molecule has 2 heterocycles. The van der Waals surface area contributed by atoms with Gasteiger partial charge in [0.15, 0.2) is 0 Å². The lowest BCUT2D eigenvalue weighted by molar-refractivity contribution is -0.132. The van der Waals surface area contributed by atoms with Crippen LogP contribution in [0.5, 0.6) is 5.75 Å². The Morgan fingerprint density at radius 2 is 1.88 bits per heavy atom. The molecule has 0 N–H and O–H groups in total. The van der Waals surface area contributed by atoms with Gasteiger partial charge in [0, 0.05) is 31.4 Å². The van der Waals surface area contributed by atoms with Crippen LogP contribution in [0.15, 0.2) is 30.3 Å². The number of carbonyl (C=O) groups excluding carboxylic acids is 1. The summed E-state index contributed by atoms with van der Waals surface area (Å²) in [5.41, 5.74) is 3.11. The second kappa shape index (κ2) is 7.72. The molecule has 1 aliphatic heterocycles. The van der Waals surface area contributed by atoms with Gasteiger partial charge in [0.05, 0.1) is 18.7 Å². The molecule has 3 rings (SSSR count). The van der Waals surface area contributed by atoms with E-state index in [-0.39, 0.29) is 5.91 Å². The Morgan fingerprint density at radius 3 is 2.48 bits per heavy atom. The summed E-state index contributed by atoms with van der Waals surface area (Å²) in [7, 11) is 1.93. The lowest BCUT2D eigenvalue weighted by atomic mass is 9.97. The van der Waals surface area contributed by atoms with E-state index in [9.17, 15) is 4.79 Å². The molecule has 1 saturated heterocycles. The Balaban J connectivity index is 1.47. The van der Waals surface area contributed by atoms with Gasteiger partial charge >= 0.3 is 0 Å². The number of aryl methyl sites for hydroxylation is 2. The maximum atomic E-state index is 12.6. The normalized spacial score (nSPS) is 15.4. The van der Waals surface area contributed by atoms with Crippen molar-refractivity contribution in [1.82, 2.24) is 14.7 Å². The second-order valence-corrected chi connectivity index (χ2v) is 6.90. The van der Waals surface area contributed by atoms with Gasteiger partial charge in [-0.1, -0.05) is 18.2 Å². The summed E-state index contributed by atoms with van der Waals surface area (Å²) in [6.45, 7) is 6.37. The van der Waals surface area contributed by atoms with Gasteiger partial charge in [-0.25, -0.2) is 0 Å². The van der Waals surface area contributed by atoms with Gasteiger partial charge in [-0.3, -0.25) is 9.48 Å². The van der Waals surface area contributed by atoms with Gasteiger partial charge in [0.25, 0.3) is 0 Å². The number of benzene rings is 1. The lowest BCUT2D eigenvalue weighted by Gasteiger charge is -2.32. The van der Waals surface area contributed by atoms with Crippen molar-refractivity contribution in [1.29, 1.82) is 0 Å². The van der Waals surface area contributed by atoms with E-state index in [4.69, 9.17) is 4.74 Å². The third-order valence-corrected chi connectivity index (χ3v) is 5.18. The fraction of sp³-hybridized carbons (Fsp3) is 0.500. The predicted molar refractivity (Wildman–Crippen MR) is 97.6 cm³/mol. The first kappa shape index (κ1) is 17.5. The van der Waals surface area contributed by atoms with Crippen LogP contribution in [0.3, 0.4) is 0 Å². The monoisotopic (exact) mass is 341 g/mol. The number of para-hydroxylation sites is 1. The Morgan fingerprint density at radius 1 is 1.20 bits per heavy atom. The Kier molecular flexibility index (Phi) is 5.41. The summed E-state index contributed by atoms with van der Waals surface area (Å²) in [6, 6.07) is 9.93. The third-order valence-electron chi connectivity index (χ3n) is 5.18. The van der Waals surface area contributed by atoms with Crippen molar-refractivity contribution in [3.8, 4) is 5.75 Å². The van der Waals surface area contributed by atoms with Gasteiger partial charge in [-0.15, -0.1) is 0 Å². The molecular weight excluding hydrogens is 314 g/mol. The molecule has 1 fully saturated rings. The van der Waals surface area contributed by atoms with Crippen LogP contribution < -0.4 is 4.74 Å². The van der Waals surface area contributed by atoms with E-state index in [0.717, 1.165) is 55.2 Å². The molecule has 134 valence electrons. The SMILES string of the molecule is Cc1nn(C)c(C)c1CC(=O)N1CCC(COc2ccccc2)CC1. The molecule has 1 aromatic heterocycles. The zero-order valence-electron chi connectivity index (χ0n) is 15.4. The number of carbonyl (C=O) groups is 1. The first-order chi connectivity index (χ1) is 12.0. The lowest BCUT2D eigenvalue weighted by Crippen LogP contribution is -2.40. The highest BCUT2D eigenvalue weighted by Gasteiger charge is 2.24. The number of rotatable bonds is 5. The molecule has 0 unspecified atom stereocenters. The largest absolute Gasteiger partial charge is 0.493 e. The number of amides is 1. The van der Waals surface area contributed by atoms with Gasteiger partial charge < -0.3 is 9.64 Å². The van der Waals surface area contributed by atoms with Crippen molar-refractivity contribution in [2.45, 2.75) is 33.1 Å². The number of likely N-dealkylation sites (tertiary alicyclic amines) is 1. The van der Waals surface area contributed by atoms with E-state index >= 15 is 0 Å². The molecule has 2 aromatic rings. The Bertz CT molecular complexity index is 716. The average molecular weight is 341 g/mol. The highest BCUT2D eigenvalue weighted by Crippen LogP contribution is 2.21. The number of aromatic nitrogens is 2. The van der Waals surface area contributed by atoms with E-state index in [1.807, 2.05) is 60.8 Å². The summed E-state index contributed by atoms with van der Waals surface area (Å²) in [5.74, 6) is 1.65. The van der Waals surface area contributed by atoms with Crippen molar-refractivity contribution >= 4 is 5.91 Å². The molecule has 1 amide bonds. The number of nitrogens with zero attached hydrogens (tertiary/aromatic N) is 3. The van der Waals surface area contributed by atoms with Crippen LogP contribution in [-0.2, 0) is 18.3 Å². The first-order valence-electron chi connectivity index (χ1n) is 8.99. The van der Waals surface area contributed by atoms with E-state index in [1.54, 1.807) is 0 Å². The van der Waals surface area contributed by atoms with Crippen molar-refractivity contribution in [2.24, 2.45) is 13.0 Å². The maximum Gasteiger partial charge on any atom is 0.227 e. The average Bonchev–Trinajstić information content (AvgIpc) is 2.87. The van der Waals surface area contributed by atoms with Crippen molar-refractivity contribution in [2.75, 3.05) is 19.7 Å². The van der Waals surface area contributed by atoms with Gasteiger partial charge in [0.1, 0.15) is 5.75 Å². The van der Waals surface area contributed by atoms with E-state index < -0.39 is 0 Å². The predicted octanol–water partition coefficient (Wildman–Crippen LogP) is 2.90. The Hall–Kier alpha value is -2.30. The highest BCUT2D eigenvalue weighted by atomic mass is 16.5. The summed E-state index contributed by atoms with van der Waals surface area (Å²) in [6.07, 6.45) is 2.46. The minimum atomic E-state index is 0.210. The van der Waals surface area contributed by atoms with Crippen LogP contribution in [-0.4, -0.2) is 40.3 Å². The molecule has 0 spiro atoms. The molecule has 0 radical (unpaired) electrons. The highest BCUT2D eigenvalue weighted by molar-refractivity contribution is 5.79. The molecule has 0 bridgehead atoms. The molecule has 1 aromatic carbocycles. The summed E-state index contributed by atoms with van der Waals surface area (Å²) < 4.78 is 7.71. The zero-order chi connectivity index (χ0) is 17.8. The summed E-state index contributed by atoms with van der Waals surface area (Å²) in [5, 5.41) is 4.40. The van der Waals surface area contributed by atoms with E-state index in [2.05, 4.69) is 5.10 Å². The molecular formula is C20H27N3O2. The van der Waals surface area contributed by atoms with Crippen LogP contribution in [0.2, 0.25) is 0 Å².